The largest absolute Gasteiger partial charge is 0.494 e. The topological polar surface area (TPSA) is 28.6 Å². The van der Waals surface area contributed by atoms with Crippen LogP contribution in [-0.2, 0) is 13.1 Å². The fraction of sp³-hybridized carbons (Fsp3) is 0.421. The molecule has 1 saturated heterocycles. The molecule has 1 fully saturated rings. The molecule has 122 valence electrons. The third kappa shape index (κ3) is 4.78. The normalized spacial score (nSPS) is 16.4. The molecule has 0 amide bonds. The van der Waals surface area contributed by atoms with Gasteiger partial charge in [-0.25, -0.2) is 0 Å². The number of hydrogen-bond donors (Lipinski definition) is 0. The van der Waals surface area contributed by atoms with Crippen LogP contribution in [0.25, 0.3) is 0 Å². The van der Waals surface area contributed by atoms with Crippen molar-refractivity contribution >= 4 is 0 Å². The lowest BCUT2D eigenvalue weighted by Crippen LogP contribution is -2.45. The fourth-order valence-electron chi connectivity index (χ4n) is 2.97. The van der Waals surface area contributed by atoms with Crippen LogP contribution >= 0.6 is 0 Å². The molecule has 4 nitrogen and oxygen atoms in total. The van der Waals surface area contributed by atoms with Crippen LogP contribution in [0.1, 0.15) is 18.1 Å². The van der Waals surface area contributed by atoms with Gasteiger partial charge in [-0.2, -0.15) is 0 Å². The Labute approximate surface area is 138 Å². The van der Waals surface area contributed by atoms with Gasteiger partial charge in [-0.05, 0) is 36.2 Å². The molecule has 2 heterocycles. The number of hydrogen-bond acceptors (Lipinski definition) is 4. The van der Waals surface area contributed by atoms with Crippen LogP contribution in [-0.4, -0.2) is 47.6 Å². The molecule has 1 aliphatic heterocycles. The van der Waals surface area contributed by atoms with Gasteiger partial charge in [0.25, 0.3) is 0 Å². The van der Waals surface area contributed by atoms with Gasteiger partial charge in [-0.1, -0.05) is 18.2 Å². The summed E-state index contributed by atoms with van der Waals surface area (Å²) in [5.74, 6) is 0.956. The zero-order valence-electron chi connectivity index (χ0n) is 13.8. The average Bonchev–Trinajstić information content (AvgIpc) is 2.60. The standard InChI is InChI=1S/C19H25N3O/c1-2-23-19-7-5-17(6-8-19)15-21-10-12-22(13-11-21)16-18-4-3-9-20-14-18/h3-9,14H,2,10-13,15-16H2,1H3. The first-order valence-corrected chi connectivity index (χ1v) is 8.39. The zero-order chi connectivity index (χ0) is 15.9. The van der Waals surface area contributed by atoms with Crippen molar-refractivity contribution in [2.45, 2.75) is 20.0 Å². The molecule has 0 unspecified atom stereocenters. The van der Waals surface area contributed by atoms with E-state index in [9.17, 15) is 0 Å². The Balaban J connectivity index is 1.45. The summed E-state index contributed by atoms with van der Waals surface area (Å²) in [6.45, 7) is 9.23. The molecule has 0 saturated carbocycles. The number of nitrogens with zero attached hydrogens (tertiary/aromatic N) is 3. The molecule has 2 aromatic rings. The summed E-state index contributed by atoms with van der Waals surface area (Å²) in [7, 11) is 0. The van der Waals surface area contributed by atoms with E-state index in [0.717, 1.165) is 51.6 Å². The highest BCUT2D eigenvalue weighted by molar-refractivity contribution is 5.27. The first-order valence-electron chi connectivity index (χ1n) is 8.39. The summed E-state index contributed by atoms with van der Waals surface area (Å²) in [4.78, 5) is 9.22. The van der Waals surface area contributed by atoms with Crippen molar-refractivity contribution in [2.75, 3.05) is 32.8 Å². The maximum absolute atomic E-state index is 5.50. The van der Waals surface area contributed by atoms with E-state index in [4.69, 9.17) is 4.74 Å². The van der Waals surface area contributed by atoms with Gasteiger partial charge in [-0.3, -0.25) is 14.8 Å². The Morgan fingerprint density at radius 2 is 1.57 bits per heavy atom. The molecule has 0 atom stereocenters. The van der Waals surface area contributed by atoms with E-state index in [2.05, 4.69) is 45.1 Å². The summed E-state index contributed by atoms with van der Waals surface area (Å²) >= 11 is 0. The van der Waals surface area contributed by atoms with Crippen LogP contribution in [0.2, 0.25) is 0 Å². The van der Waals surface area contributed by atoms with Gasteiger partial charge >= 0.3 is 0 Å². The van der Waals surface area contributed by atoms with Crippen molar-refractivity contribution < 1.29 is 4.74 Å². The van der Waals surface area contributed by atoms with Crippen LogP contribution in [0.4, 0.5) is 0 Å². The molecule has 1 aliphatic rings. The van der Waals surface area contributed by atoms with Crippen molar-refractivity contribution in [3.05, 3.63) is 59.9 Å². The van der Waals surface area contributed by atoms with Crippen LogP contribution in [0.3, 0.4) is 0 Å². The molecule has 0 radical (unpaired) electrons. The minimum atomic E-state index is 0.720. The first-order chi connectivity index (χ1) is 11.3. The Morgan fingerprint density at radius 1 is 0.913 bits per heavy atom. The summed E-state index contributed by atoms with van der Waals surface area (Å²) < 4.78 is 5.50. The first kappa shape index (κ1) is 16.0. The number of benzene rings is 1. The minimum absolute atomic E-state index is 0.720. The number of ether oxygens (including phenoxy) is 1. The van der Waals surface area contributed by atoms with Gasteiger partial charge in [0.1, 0.15) is 5.75 Å². The highest BCUT2D eigenvalue weighted by Gasteiger charge is 2.17. The zero-order valence-corrected chi connectivity index (χ0v) is 13.8. The average molecular weight is 311 g/mol. The van der Waals surface area contributed by atoms with Gasteiger partial charge in [0.15, 0.2) is 0 Å². The lowest BCUT2D eigenvalue weighted by atomic mass is 10.2. The van der Waals surface area contributed by atoms with Crippen LogP contribution in [0, 0.1) is 0 Å². The second-order valence-electron chi connectivity index (χ2n) is 5.99. The summed E-state index contributed by atoms with van der Waals surface area (Å²) in [6, 6.07) is 12.6. The summed E-state index contributed by atoms with van der Waals surface area (Å²) in [5.41, 5.74) is 2.65. The Hall–Kier alpha value is -1.91. The van der Waals surface area contributed by atoms with E-state index in [0.29, 0.717) is 0 Å². The van der Waals surface area contributed by atoms with E-state index in [-0.39, 0.29) is 0 Å². The summed E-state index contributed by atoms with van der Waals surface area (Å²) in [5, 5.41) is 0. The molecular weight excluding hydrogens is 286 g/mol. The predicted octanol–water partition coefficient (Wildman–Crippen LogP) is 2.80. The van der Waals surface area contributed by atoms with E-state index in [1.54, 1.807) is 0 Å². The van der Waals surface area contributed by atoms with E-state index < -0.39 is 0 Å². The Kier molecular flexibility index (Phi) is 5.61. The molecule has 3 rings (SSSR count). The second-order valence-corrected chi connectivity index (χ2v) is 5.99. The van der Waals surface area contributed by atoms with Gasteiger partial charge in [0.05, 0.1) is 6.61 Å². The lowest BCUT2D eigenvalue weighted by Gasteiger charge is -2.34. The van der Waals surface area contributed by atoms with Gasteiger partial charge in [0, 0.05) is 51.7 Å². The molecule has 0 spiro atoms. The Bertz CT molecular complexity index is 577. The highest BCUT2D eigenvalue weighted by atomic mass is 16.5. The molecule has 0 aliphatic carbocycles. The molecular formula is C19H25N3O. The van der Waals surface area contributed by atoms with Crippen molar-refractivity contribution in [3.63, 3.8) is 0 Å². The number of rotatable bonds is 6. The van der Waals surface area contributed by atoms with Crippen molar-refractivity contribution in [1.82, 2.24) is 14.8 Å². The molecule has 1 aromatic heterocycles. The van der Waals surface area contributed by atoms with E-state index >= 15 is 0 Å². The van der Waals surface area contributed by atoms with Crippen molar-refractivity contribution in [3.8, 4) is 5.75 Å². The molecule has 4 heteroatoms. The third-order valence-electron chi connectivity index (χ3n) is 4.23. The lowest BCUT2D eigenvalue weighted by molar-refractivity contribution is 0.122. The maximum Gasteiger partial charge on any atom is 0.119 e. The summed E-state index contributed by atoms with van der Waals surface area (Å²) in [6.07, 6.45) is 3.80. The number of pyridine rings is 1. The SMILES string of the molecule is CCOc1ccc(CN2CCN(Cc3cccnc3)CC2)cc1. The van der Waals surface area contributed by atoms with Crippen molar-refractivity contribution in [1.29, 1.82) is 0 Å². The maximum atomic E-state index is 5.50. The fourth-order valence-corrected chi connectivity index (χ4v) is 2.97. The highest BCUT2D eigenvalue weighted by Crippen LogP contribution is 2.15. The quantitative estimate of drug-likeness (QED) is 0.820. The Morgan fingerprint density at radius 3 is 2.13 bits per heavy atom. The van der Waals surface area contributed by atoms with E-state index in [1.807, 2.05) is 25.4 Å². The molecule has 0 bridgehead atoms. The molecule has 0 N–H and O–H groups in total. The van der Waals surface area contributed by atoms with Crippen LogP contribution < -0.4 is 4.74 Å². The van der Waals surface area contributed by atoms with Gasteiger partial charge < -0.3 is 4.74 Å². The van der Waals surface area contributed by atoms with Crippen LogP contribution in [0.5, 0.6) is 5.75 Å². The third-order valence-corrected chi connectivity index (χ3v) is 4.23. The second kappa shape index (κ2) is 8.09. The molecule has 23 heavy (non-hydrogen) atoms. The molecule has 1 aromatic carbocycles. The minimum Gasteiger partial charge on any atom is -0.494 e. The van der Waals surface area contributed by atoms with Gasteiger partial charge in [-0.15, -0.1) is 0 Å². The van der Waals surface area contributed by atoms with E-state index in [1.165, 1.54) is 11.1 Å². The number of piperazine rings is 1. The van der Waals surface area contributed by atoms with Crippen LogP contribution in [0.15, 0.2) is 48.8 Å². The predicted molar refractivity (Wildman–Crippen MR) is 92.4 cm³/mol. The number of aromatic nitrogens is 1. The monoisotopic (exact) mass is 311 g/mol. The van der Waals surface area contributed by atoms with Gasteiger partial charge in [0.2, 0.25) is 0 Å². The smallest absolute Gasteiger partial charge is 0.119 e. The van der Waals surface area contributed by atoms with Crippen molar-refractivity contribution in [2.24, 2.45) is 0 Å².